The van der Waals surface area contributed by atoms with E-state index in [2.05, 4.69) is 21.1 Å². The molecular weight excluding hydrogens is 403 g/mol. The number of benzene rings is 1. The predicted molar refractivity (Wildman–Crippen MR) is 98.6 cm³/mol. The number of hydrogen-bond acceptors (Lipinski definition) is 9. The molecule has 0 saturated carbocycles. The molecule has 0 atom stereocenters. The molecule has 0 aliphatic carbocycles. The first kappa shape index (κ1) is 18.6. The number of hydrogen-bond donors (Lipinski definition) is 2. The zero-order chi connectivity index (χ0) is 18.9. The van der Waals surface area contributed by atoms with E-state index in [0.29, 0.717) is 20.8 Å². The second-order valence-electron chi connectivity index (χ2n) is 5.52. The van der Waals surface area contributed by atoms with Gasteiger partial charge in [-0.3, -0.25) is 10.9 Å². The largest absolute Gasteiger partial charge is 0.419 e. The molecule has 1 aromatic carbocycles. The van der Waals surface area contributed by atoms with E-state index < -0.39 is 17.7 Å². The molecule has 0 radical (unpaired) electrons. The number of carbonyl (C=O) groups excluding carboxylic acids is 2. The fourth-order valence-corrected chi connectivity index (χ4v) is 3.26. The van der Waals surface area contributed by atoms with Gasteiger partial charge in [0, 0.05) is 19.4 Å². The highest BCUT2D eigenvalue weighted by Crippen LogP contribution is 2.30. The zero-order valence-electron chi connectivity index (χ0n) is 13.5. The highest BCUT2D eigenvalue weighted by molar-refractivity contribution is 8.17. The molecule has 11 heteroatoms. The molecule has 136 valence electrons. The van der Waals surface area contributed by atoms with Gasteiger partial charge in [-0.25, -0.2) is 9.59 Å². The zero-order valence-corrected chi connectivity index (χ0v) is 15.8. The molecule has 2 heterocycles. The molecule has 0 aromatic heterocycles. The van der Waals surface area contributed by atoms with E-state index in [1.165, 1.54) is 20.1 Å². The summed E-state index contributed by atoms with van der Waals surface area (Å²) in [4.78, 5) is 24.0. The molecule has 0 bridgehead atoms. The summed E-state index contributed by atoms with van der Waals surface area (Å²) in [5.74, 6) is -2.88. The first-order valence-electron chi connectivity index (χ1n) is 7.22. The van der Waals surface area contributed by atoms with Gasteiger partial charge in [-0.15, -0.1) is 5.10 Å². The number of thioether (sulfide) groups is 1. The van der Waals surface area contributed by atoms with E-state index in [-0.39, 0.29) is 10.6 Å². The summed E-state index contributed by atoms with van der Waals surface area (Å²) in [5.41, 5.74) is 5.53. The number of esters is 2. The summed E-state index contributed by atoms with van der Waals surface area (Å²) in [6, 6.07) is 5.09. The van der Waals surface area contributed by atoms with Gasteiger partial charge in [0.25, 0.3) is 5.79 Å². The van der Waals surface area contributed by atoms with Crippen molar-refractivity contribution < 1.29 is 19.1 Å². The molecule has 8 nitrogen and oxygen atoms in total. The van der Waals surface area contributed by atoms with Gasteiger partial charge in [0.05, 0.1) is 16.3 Å². The molecular formula is C15H12Cl2N4O4S. The van der Waals surface area contributed by atoms with Gasteiger partial charge in [0.2, 0.25) is 5.17 Å². The van der Waals surface area contributed by atoms with Crippen molar-refractivity contribution in [1.29, 1.82) is 0 Å². The molecule has 2 aliphatic heterocycles. The Balaban J connectivity index is 1.68. The van der Waals surface area contributed by atoms with Gasteiger partial charge in [-0.2, -0.15) is 5.10 Å². The molecule has 0 unspecified atom stereocenters. The summed E-state index contributed by atoms with van der Waals surface area (Å²) >= 11 is 13.1. The molecule has 0 amide bonds. The average Bonchev–Trinajstić information content (AvgIpc) is 2.96. The molecule has 1 aromatic rings. The SMILES string of the molecule is CC1(C)OC(=O)C(=C2NN=C(N/N=C/c3c(Cl)cccc3Cl)S2)C(=O)O1. The minimum atomic E-state index is -1.30. The van der Waals surface area contributed by atoms with Crippen LogP contribution in [0.1, 0.15) is 19.4 Å². The Morgan fingerprint density at radius 2 is 1.85 bits per heavy atom. The van der Waals surface area contributed by atoms with Gasteiger partial charge in [0.15, 0.2) is 5.57 Å². The van der Waals surface area contributed by atoms with Crippen LogP contribution in [0.25, 0.3) is 0 Å². The van der Waals surface area contributed by atoms with Crippen molar-refractivity contribution in [1.82, 2.24) is 10.9 Å². The topological polar surface area (TPSA) is 101 Å². The third kappa shape index (κ3) is 3.95. The Labute approximate surface area is 162 Å². The maximum absolute atomic E-state index is 12.0. The average molecular weight is 415 g/mol. The highest BCUT2D eigenvalue weighted by atomic mass is 35.5. The van der Waals surface area contributed by atoms with Crippen molar-refractivity contribution in [2.45, 2.75) is 19.6 Å². The fraction of sp³-hybridized carbons (Fsp3) is 0.200. The number of carbonyl (C=O) groups is 2. The van der Waals surface area contributed by atoms with Crippen molar-refractivity contribution in [2.24, 2.45) is 10.2 Å². The van der Waals surface area contributed by atoms with E-state index >= 15 is 0 Å². The van der Waals surface area contributed by atoms with Crippen LogP contribution in [0.4, 0.5) is 0 Å². The molecule has 2 N–H and O–H groups in total. The summed E-state index contributed by atoms with van der Waals surface area (Å²) in [7, 11) is 0. The molecule has 2 aliphatic rings. The highest BCUT2D eigenvalue weighted by Gasteiger charge is 2.42. The van der Waals surface area contributed by atoms with Gasteiger partial charge in [-0.05, 0) is 23.9 Å². The fourth-order valence-electron chi connectivity index (χ4n) is 2.02. The van der Waals surface area contributed by atoms with Gasteiger partial charge >= 0.3 is 11.9 Å². The minimum absolute atomic E-state index is 0.184. The van der Waals surface area contributed by atoms with Crippen LogP contribution in [0.5, 0.6) is 0 Å². The van der Waals surface area contributed by atoms with Gasteiger partial charge < -0.3 is 9.47 Å². The lowest BCUT2D eigenvalue weighted by Gasteiger charge is -2.30. The van der Waals surface area contributed by atoms with Gasteiger partial charge in [-0.1, -0.05) is 29.3 Å². The van der Waals surface area contributed by atoms with Crippen molar-refractivity contribution in [3.8, 4) is 0 Å². The van der Waals surface area contributed by atoms with Crippen molar-refractivity contribution in [3.05, 3.63) is 44.4 Å². The van der Waals surface area contributed by atoms with E-state index in [1.54, 1.807) is 18.2 Å². The number of nitrogens with zero attached hydrogens (tertiary/aromatic N) is 2. The number of rotatable bonds is 2. The maximum atomic E-state index is 12.0. The van der Waals surface area contributed by atoms with Crippen molar-refractivity contribution in [3.63, 3.8) is 0 Å². The number of halogens is 2. The Morgan fingerprint density at radius 3 is 2.46 bits per heavy atom. The Kier molecular flexibility index (Phi) is 5.12. The summed E-state index contributed by atoms with van der Waals surface area (Å²) < 4.78 is 10.1. The first-order valence-corrected chi connectivity index (χ1v) is 8.80. The Bertz CT molecular complexity index is 840. The molecule has 26 heavy (non-hydrogen) atoms. The lowest BCUT2D eigenvalue weighted by atomic mass is 10.2. The lowest BCUT2D eigenvalue weighted by molar-refractivity contribution is -0.222. The van der Waals surface area contributed by atoms with Crippen LogP contribution in [-0.4, -0.2) is 29.1 Å². The molecule has 1 saturated heterocycles. The minimum Gasteiger partial charge on any atom is -0.419 e. The Morgan fingerprint density at radius 1 is 1.23 bits per heavy atom. The quantitative estimate of drug-likeness (QED) is 0.252. The number of nitrogens with one attached hydrogen (secondary N) is 2. The predicted octanol–water partition coefficient (Wildman–Crippen LogP) is 2.57. The maximum Gasteiger partial charge on any atom is 0.351 e. The first-order chi connectivity index (χ1) is 12.3. The third-order valence-corrected chi connectivity index (χ3v) is 4.66. The second-order valence-corrected chi connectivity index (χ2v) is 7.33. The van der Waals surface area contributed by atoms with Crippen LogP contribution in [0.2, 0.25) is 10.0 Å². The summed E-state index contributed by atoms with van der Waals surface area (Å²) in [5, 5.41) is 9.31. The van der Waals surface area contributed by atoms with Crippen LogP contribution in [0.3, 0.4) is 0 Å². The summed E-state index contributed by atoms with van der Waals surface area (Å²) in [6.07, 6.45) is 1.44. The number of ether oxygens (including phenoxy) is 2. The van der Waals surface area contributed by atoms with Gasteiger partial charge in [0.1, 0.15) is 5.03 Å². The second kappa shape index (κ2) is 7.18. The van der Waals surface area contributed by atoms with E-state index in [1.807, 2.05) is 0 Å². The standard InChI is InChI=1S/C15H12Cl2N4O4S/c1-15(2)24-12(22)10(13(23)25-15)11-19-21-14(26-11)20-18-6-7-8(16)4-3-5-9(7)17/h3-6,19H,1-2H3,(H,20,21)/b18-6+. The van der Waals surface area contributed by atoms with E-state index in [0.717, 1.165) is 11.8 Å². The third-order valence-electron chi connectivity index (χ3n) is 3.12. The van der Waals surface area contributed by atoms with Crippen LogP contribution < -0.4 is 10.9 Å². The number of cyclic esters (lactones) is 2. The van der Waals surface area contributed by atoms with Crippen LogP contribution in [0, 0.1) is 0 Å². The van der Waals surface area contributed by atoms with Crippen LogP contribution >= 0.6 is 35.0 Å². The molecule has 3 rings (SSSR count). The summed E-state index contributed by atoms with van der Waals surface area (Å²) in [6.45, 7) is 2.94. The van der Waals surface area contributed by atoms with E-state index in [4.69, 9.17) is 32.7 Å². The van der Waals surface area contributed by atoms with Crippen molar-refractivity contribution >= 4 is 58.3 Å². The monoisotopic (exact) mass is 414 g/mol. The van der Waals surface area contributed by atoms with Crippen molar-refractivity contribution in [2.75, 3.05) is 0 Å². The van der Waals surface area contributed by atoms with Crippen LogP contribution in [-0.2, 0) is 19.1 Å². The molecule has 1 fully saturated rings. The molecule has 0 spiro atoms. The Hall–Kier alpha value is -2.23. The number of hydrazone groups is 2. The lowest BCUT2D eigenvalue weighted by Crippen LogP contribution is -2.42. The van der Waals surface area contributed by atoms with E-state index in [9.17, 15) is 9.59 Å². The number of amidine groups is 1. The normalized spacial score (nSPS) is 19.2. The smallest absolute Gasteiger partial charge is 0.351 e. The van der Waals surface area contributed by atoms with Crippen LogP contribution in [0.15, 0.2) is 39.0 Å².